The molecule has 7 heteroatoms. The maximum atomic E-state index is 6.00. The fourth-order valence-electron chi connectivity index (χ4n) is 2.82. The number of pyridine rings is 1. The van der Waals surface area contributed by atoms with Crippen LogP contribution in [0.1, 0.15) is 51.0 Å². The van der Waals surface area contributed by atoms with E-state index in [0.717, 1.165) is 31.2 Å². The number of ether oxygens (including phenoxy) is 1. The summed E-state index contributed by atoms with van der Waals surface area (Å²) in [6, 6.07) is 3.73. The molecule has 142 valence electrons. The second-order valence-electron chi connectivity index (χ2n) is 6.10. The molecule has 1 fully saturated rings. The van der Waals surface area contributed by atoms with Gasteiger partial charge >= 0.3 is 0 Å². The largest absolute Gasteiger partial charge is 0.376 e. The summed E-state index contributed by atoms with van der Waals surface area (Å²) in [5, 5.41) is 7.08. The number of nitrogens with zero attached hydrogens (tertiary/aromatic N) is 2. The van der Waals surface area contributed by atoms with Crippen molar-refractivity contribution < 1.29 is 4.74 Å². The van der Waals surface area contributed by atoms with Crippen LogP contribution >= 0.6 is 35.6 Å². The van der Waals surface area contributed by atoms with E-state index < -0.39 is 0 Å². The molecule has 1 heterocycles. The van der Waals surface area contributed by atoms with Crippen molar-refractivity contribution in [3.8, 4) is 0 Å². The van der Waals surface area contributed by atoms with E-state index in [9.17, 15) is 0 Å². The lowest BCUT2D eigenvalue weighted by atomic mass is 10.1. The number of halogens is 2. The van der Waals surface area contributed by atoms with Gasteiger partial charge in [0.05, 0.1) is 19.3 Å². The lowest BCUT2D eigenvalue weighted by molar-refractivity contribution is 0.0468. The fraction of sp³-hybridized carbons (Fsp3) is 0.667. The average Bonchev–Trinajstić information content (AvgIpc) is 2.86. The number of rotatable bonds is 7. The molecular weight excluding hydrogens is 451 g/mol. The van der Waals surface area contributed by atoms with E-state index in [4.69, 9.17) is 16.3 Å². The van der Waals surface area contributed by atoms with Crippen LogP contribution in [0.25, 0.3) is 0 Å². The van der Waals surface area contributed by atoms with Gasteiger partial charge in [-0.05, 0) is 31.4 Å². The highest BCUT2D eigenvalue weighted by molar-refractivity contribution is 14.0. The van der Waals surface area contributed by atoms with Crippen LogP contribution in [0, 0.1) is 0 Å². The number of hydrogen-bond acceptors (Lipinski definition) is 3. The standard InChI is InChI=1S/C18H29ClN4O.HI/c1-2-20-18(23-14-15-9-10-17(19)22-13-15)21-11-12-24-16-7-5-3-4-6-8-16;/h9-10,13,16H,2-8,11-12,14H2,1H3,(H2,20,21,23);1H. The predicted molar refractivity (Wildman–Crippen MR) is 115 cm³/mol. The Kier molecular flexibility index (Phi) is 12.2. The van der Waals surface area contributed by atoms with Gasteiger partial charge in [0, 0.05) is 19.3 Å². The predicted octanol–water partition coefficient (Wildman–Crippen LogP) is 4.15. The third-order valence-corrected chi connectivity index (χ3v) is 4.33. The van der Waals surface area contributed by atoms with E-state index >= 15 is 0 Å². The van der Waals surface area contributed by atoms with Crippen LogP contribution in [-0.2, 0) is 11.3 Å². The topological polar surface area (TPSA) is 58.5 Å². The summed E-state index contributed by atoms with van der Waals surface area (Å²) in [6.45, 7) is 4.94. The molecule has 0 unspecified atom stereocenters. The molecule has 5 nitrogen and oxygen atoms in total. The van der Waals surface area contributed by atoms with Crippen molar-refractivity contribution in [1.29, 1.82) is 0 Å². The van der Waals surface area contributed by atoms with Gasteiger partial charge in [-0.25, -0.2) is 9.98 Å². The molecule has 1 aromatic rings. The Morgan fingerprint density at radius 2 is 2.00 bits per heavy atom. The normalized spacial score (nSPS) is 16.0. The lowest BCUT2D eigenvalue weighted by Crippen LogP contribution is -2.39. The molecule has 0 aromatic carbocycles. The lowest BCUT2D eigenvalue weighted by Gasteiger charge is -2.16. The van der Waals surface area contributed by atoms with Gasteiger partial charge in [0.2, 0.25) is 0 Å². The van der Waals surface area contributed by atoms with Crippen molar-refractivity contribution >= 4 is 41.5 Å². The van der Waals surface area contributed by atoms with Crippen LogP contribution in [0.2, 0.25) is 5.15 Å². The number of nitrogens with one attached hydrogen (secondary N) is 2. The Labute approximate surface area is 173 Å². The molecule has 0 saturated heterocycles. The minimum Gasteiger partial charge on any atom is -0.376 e. The average molecular weight is 481 g/mol. The highest BCUT2D eigenvalue weighted by Gasteiger charge is 2.12. The van der Waals surface area contributed by atoms with Crippen molar-refractivity contribution in [2.75, 3.05) is 19.7 Å². The first kappa shape index (κ1) is 22.4. The summed E-state index contributed by atoms with van der Waals surface area (Å²) in [7, 11) is 0. The molecule has 25 heavy (non-hydrogen) atoms. The van der Waals surface area contributed by atoms with E-state index in [2.05, 4.69) is 27.5 Å². The number of aliphatic imine (C=N–C) groups is 1. The van der Waals surface area contributed by atoms with Crippen molar-refractivity contribution in [3.05, 3.63) is 29.0 Å². The maximum Gasteiger partial charge on any atom is 0.191 e. The third-order valence-electron chi connectivity index (χ3n) is 4.10. The molecule has 2 rings (SSSR count). The van der Waals surface area contributed by atoms with Gasteiger partial charge in [-0.2, -0.15) is 0 Å². The van der Waals surface area contributed by atoms with Crippen molar-refractivity contribution in [2.45, 2.75) is 58.1 Å². The quantitative estimate of drug-likeness (QED) is 0.154. The fourth-order valence-corrected chi connectivity index (χ4v) is 2.93. The van der Waals surface area contributed by atoms with E-state index in [1.165, 1.54) is 38.5 Å². The molecule has 1 saturated carbocycles. The van der Waals surface area contributed by atoms with Gasteiger partial charge in [0.25, 0.3) is 0 Å². The molecule has 2 N–H and O–H groups in total. The zero-order valence-corrected chi connectivity index (χ0v) is 18.1. The molecule has 0 spiro atoms. The molecule has 0 atom stereocenters. The minimum atomic E-state index is 0. The molecule has 1 aromatic heterocycles. The first-order valence-electron chi connectivity index (χ1n) is 9.02. The highest BCUT2D eigenvalue weighted by atomic mass is 127. The van der Waals surface area contributed by atoms with E-state index in [1.54, 1.807) is 12.3 Å². The Hall–Kier alpha value is -0.600. The zero-order chi connectivity index (χ0) is 17.0. The van der Waals surface area contributed by atoms with Crippen LogP contribution < -0.4 is 10.6 Å². The Balaban J connectivity index is 0.00000312. The van der Waals surface area contributed by atoms with E-state index in [1.807, 2.05) is 6.07 Å². The molecule has 0 amide bonds. The summed E-state index contributed by atoms with van der Waals surface area (Å²) in [5.74, 6) is 0.803. The summed E-state index contributed by atoms with van der Waals surface area (Å²) in [4.78, 5) is 8.64. The summed E-state index contributed by atoms with van der Waals surface area (Å²) >= 11 is 5.80. The zero-order valence-electron chi connectivity index (χ0n) is 15.0. The van der Waals surface area contributed by atoms with Gasteiger partial charge in [0.1, 0.15) is 5.15 Å². The van der Waals surface area contributed by atoms with Gasteiger partial charge in [0.15, 0.2) is 5.96 Å². The number of guanidine groups is 1. The number of aromatic nitrogens is 1. The van der Waals surface area contributed by atoms with E-state index in [0.29, 0.717) is 17.8 Å². The number of hydrogen-bond donors (Lipinski definition) is 2. The van der Waals surface area contributed by atoms with Crippen LogP contribution in [0.3, 0.4) is 0 Å². The second-order valence-corrected chi connectivity index (χ2v) is 6.48. The van der Waals surface area contributed by atoms with Crippen LogP contribution in [0.4, 0.5) is 0 Å². The van der Waals surface area contributed by atoms with Gasteiger partial charge in [-0.15, -0.1) is 24.0 Å². The van der Waals surface area contributed by atoms with Crippen LogP contribution in [0.15, 0.2) is 23.3 Å². The molecule has 0 bridgehead atoms. The van der Waals surface area contributed by atoms with Crippen LogP contribution in [-0.4, -0.2) is 36.7 Å². The van der Waals surface area contributed by atoms with E-state index in [-0.39, 0.29) is 24.0 Å². The Bertz CT molecular complexity index is 490. The molecule has 0 aliphatic heterocycles. The Morgan fingerprint density at radius 1 is 1.24 bits per heavy atom. The highest BCUT2D eigenvalue weighted by Crippen LogP contribution is 2.19. The smallest absolute Gasteiger partial charge is 0.191 e. The third kappa shape index (κ3) is 9.61. The monoisotopic (exact) mass is 480 g/mol. The molecule has 1 aliphatic carbocycles. The van der Waals surface area contributed by atoms with Crippen LogP contribution in [0.5, 0.6) is 0 Å². The SMILES string of the molecule is CCNC(=NCc1ccc(Cl)nc1)NCCOC1CCCCCC1.I. The van der Waals surface area contributed by atoms with Gasteiger partial charge < -0.3 is 15.4 Å². The van der Waals surface area contributed by atoms with Crippen molar-refractivity contribution in [3.63, 3.8) is 0 Å². The summed E-state index contributed by atoms with van der Waals surface area (Å²) < 4.78 is 6.00. The van der Waals surface area contributed by atoms with Gasteiger partial charge in [-0.1, -0.05) is 43.4 Å². The molecule has 0 radical (unpaired) electrons. The van der Waals surface area contributed by atoms with Crippen molar-refractivity contribution in [2.24, 2.45) is 4.99 Å². The molecule has 1 aliphatic rings. The summed E-state index contributed by atoms with van der Waals surface area (Å²) in [5.41, 5.74) is 1.03. The maximum absolute atomic E-state index is 6.00. The second kappa shape index (κ2) is 13.6. The first-order valence-corrected chi connectivity index (χ1v) is 9.40. The summed E-state index contributed by atoms with van der Waals surface area (Å²) in [6.07, 6.45) is 9.92. The van der Waals surface area contributed by atoms with Crippen molar-refractivity contribution in [1.82, 2.24) is 15.6 Å². The first-order chi connectivity index (χ1) is 11.8. The Morgan fingerprint density at radius 3 is 2.64 bits per heavy atom. The van der Waals surface area contributed by atoms with Gasteiger partial charge in [-0.3, -0.25) is 0 Å². The molecular formula is C18H30ClIN4O. The minimum absolute atomic E-state index is 0.